The van der Waals surface area contributed by atoms with Crippen LogP contribution in [0.4, 0.5) is 11.4 Å². The van der Waals surface area contributed by atoms with Gasteiger partial charge >= 0.3 is 0 Å². The van der Waals surface area contributed by atoms with Crippen LogP contribution in [-0.4, -0.2) is 22.5 Å². The number of anilines is 2. The molecule has 0 radical (unpaired) electrons. The van der Waals surface area contributed by atoms with E-state index in [1.54, 1.807) is 18.2 Å². The molecule has 3 rings (SSSR count). The zero-order valence-corrected chi connectivity index (χ0v) is 14.8. The molecular weight excluding hydrogens is 320 g/mol. The van der Waals surface area contributed by atoms with Crippen LogP contribution in [-0.2, 0) is 10.0 Å². The summed E-state index contributed by atoms with van der Waals surface area (Å²) in [6.07, 6.45) is 0. The van der Waals surface area contributed by atoms with E-state index >= 15 is 0 Å². The molecule has 0 fully saturated rings. The van der Waals surface area contributed by atoms with E-state index in [2.05, 4.69) is 4.72 Å². The minimum absolute atomic E-state index is 0.283. The highest BCUT2D eigenvalue weighted by Gasteiger charge is 2.18. The Balaban J connectivity index is 2.13. The van der Waals surface area contributed by atoms with Crippen molar-refractivity contribution in [3.8, 4) is 0 Å². The van der Waals surface area contributed by atoms with Crippen molar-refractivity contribution < 1.29 is 8.42 Å². The topological polar surface area (TPSA) is 49.4 Å². The highest BCUT2D eigenvalue weighted by molar-refractivity contribution is 7.93. The second kappa shape index (κ2) is 6.17. The van der Waals surface area contributed by atoms with E-state index in [4.69, 9.17) is 0 Å². The molecule has 0 aliphatic heterocycles. The highest BCUT2D eigenvalue weighted by Crippen LogP contribution is 2.31. The van der Waals surface area contributed by atoms with Crippen LogP contribution in [0.5, 0.6) is 0 Å². The van der Waals surface area contributed by atoms with Crippen molar-refractivity contribution in [3.05, 3.63) is 66.2 Å². The summed E-state index contributed by atoms with van der Waals surface area (Å²) in [5, 5.41) is 1.62. The van der Waals surface area contributed by atoms with Crippen LogP contribution in [0.25, 0.3) is 10.8 Å². The van der Waals surface area contributed by atoms with Gasteiger partial charge in [0, 0.05) is 36.2 Å². The Labute approximate surface area is 142 Å². The zero-order valence-electron chi connectivity index (χ0n) is 13.9. The van der Waals surface area contributed by atoms with Crippen LogP contribution >= 0.6 is 0 Å². The normalized spacial score (nSPS) is 11.5. The third kappa shape index (κ3) is 3.08. The molecule has 0 saturated heterocycles. The number of aryl methyl sites for hydroxylation is 1. The Morgan fingerprint density at radius 2 is 1.54 bits per heavy atom. The number of rotatable bonds is 4. The average Bonchev–Trinajstić information content (AvgIpc) is 2.53. The smallest absolute Gasteiger partial charge is 0.262 e. The van der Waals surface area contributed by atoms with Gasteiger partial charge in [-0.1, -0.05) is 36.4 Å². The average molecular weight is 340 g/mol. The molecule has 0 bridgehead atoms. The number of fused-ring (bicyclic) bond motifs is 1. The molecule has 124 valence electrons. The molecule has 0 aliphatic rings. The van der Waals surface area contributed by atoms with E-state index < -0.39 is 10.0 Å². The lowest BCUT2D eigenvalue weighted by molar-refractivity contribution is 0.602. The van der Waals surface area contributed by atoms with E-state index in [0.717, 1.165) is 16.6 Å². The fraction of sp³-hybridized carbons (Fsp3) is 0.158. The van der Waals surface area contributed by atoms with Crippen molar-refractivity contribution in [2.75, 3.05) is 23.7 Å². The maximum Gasteiger partial charge on any atom is 0.262 e. The molecule has 4 nitrogen and oxygen atoms in total. The first-order chi connectivity index (χ1) is 11.4. The van der Waals surface area contributed by atoms with E-state index in [-0.39, 0.29) is 4.90 Å². The van der Waals surface area contributed by atoms with Crippen LogP contribution < -0.4 is 9.62 Å². The lowest BCUT2D eigenvalue weighted by atomic mass is 10.1. The maximum absolute atomic E-state index is 12.9. The van der Waals surface area contributed by atoms with Gasteiger partial charge in [-0.2, -0.15) is 0 Å². The number of hydrogen-bond acceptors (Lipinski definition) is 3. The molecule has 0 aliphatic carbocycles. The summed E-state index contributed by atoms with van der Waals surface area (Å²) < 4.78 is 28.4. The highest BCUT2D eigenvalue weighted by atomic mass is 32.2. The number of nitrogens with one attached hydrogen (secondary N) is 1. The summed E-state index contributed by atoms with van der Waals surface area (Å²) in [5.74, 6) is 0. The second-order valence-electron chi connectivity index (χ2n) is 6.00. The van der Waals surface area contributed by atoms with Crippen molar-refractivity contribution >= 4 is 32.2 Å². The molecule has 0 heterocycles. The fourth-order valence-electron chi connectivity index (χ4n) is 2.81. The van der Waals surface area contributed by atoms with Crippen molar-refractivity contribution in [1.29, 1.82) is 0 Å². The molecule has 1 N–H and O–H groups in total. The van der Waals surface area contributed by atoms with Gasteiger partial charge < -0.3 is 4.90 Å². The summed E-state index contributed by atoms with van der Waals surface area (Å²) in [4.78, 5) is 2.26. The molecular formula is C19H20N2O2S. The first kappa shape index (κ1) is 16.3. The van der Waals surface area contributed by atoms with Crippen molar-refractivity contribution in [2.45, 2.75) is 11.8 Å². The monoisotopic (exact) mass is 340 g/mol. The van der Waals surface area contributed by atoms with Crippen LogP contribution in [0, 0.1) is 6.92 Å². The molecule has 3 aromatic carbocycles. The second-order valence-corrected chi connectivity index (χ2v) is 7.65. The van der Waals surface area contributed by atoms with Gasteiger partial charge in [0.15, 0.2) is 0 Å². The Bertz CT molecular complexity index is 995. The van der Waals surface area contributed by atoms with Crippen LogP contribution in [0.15, 0.2) is 65.6 Å². The fourth-order valence-corrected chi connectivity index (χ4v) is 4.08. The van der Waals surface area contributed by atoms with Gasteiger partial charge in [0.05, 0.1) is 4.90 Å². The summed E-state index contributed by atoms with van der Waals surface area (Å²) in [7, 11) is 0.223. The first-order valence-electron chi connectivity index (χ1n) is 7.67. The van der Waals surface area contributed by atoms with Gasteiger partial charge in [-0.3, -0.25) is 4.72 Å². The molecule has 0 aromatic heterocycles. The molecule has 0 amide bonds. The Morgan fingerprint density at radius 1 is 0.875 bits per heavy atom. The first-order valence-corrected chi connectivity index (χ1v) is 9.15. The Kier molecular flexibility index (Phi) is 4.20. The van der Waals surface area contributed by atoms with Gasteiger partial charge in [-0.05, 0) is 36.8 Å². The van der Waals surface area contributed by atoms with E-state index in [0.29, 0.717) is 11.1 Å². The van der Waals surface area contributed by atoms with Gasteiger partial charge in [-0.15, -0.1) is 0 Å². The summed E-state index contributed by atoms with van der Waals surface area (Å²) >= 11 is 0. The lowest BCUT2D eigenvalue weighted by Crippen LogP contribution is -2.14. The summed E-state index contributed by atoms with van der Waals surface area (Å²) in [5.41, 5.74) is 2.55. The standard InChI is InChI=1S/C19H20N2O2S/c1-14-7-4-8-15(13-14)20-24(22,23)19-12-6-9-16-17(19)10-5-11-18(16)21(2)3/h4-13,20H,1-3H3. The minimum atomic E-state index is -3.67. The molecule has 0 spiro atoms. The number of hydrogen-bond donors (Lipinski definition) is 1. The number of nitrogens with zero attached hydrogens (tertiary/aromatic N) is 1. The van der Waals surface area contributed by atoms with Crippen LogP contribution in [0.1, 0.15) is 5.56 Å². The summed E-state index contributed by atoms with van der Waals surface area (Å²) in [6.45, 7) is 1.93. The number of benzene rings is 3. The van der Waals surface area contributed by atoms with Crippen LogP contribution in [0.3, 0.4) is 0 Å². The van der Waals surface area contributed by atoms with Crippen LogP contribution in [0.2, 0.25) is 0 Å². The van der Waals surface area contributed by atoms with Gasteiger partial charge in [-0.25, -0.2) is 8.42 Å². The molecule has 0 saturated carbocycles. The SMILES string of the molecule is Cc1cccc(NS(=O)(=O)c2cccc3c(N(C)C)cccc23)c1. The van der Waals surface area contributed by atoms with Gasteiger partial charge in [0.25, 0.3) is 10.0 Å². The van der Waals surface area contributed by atoms with Gasteiger partial charge in [0.2, 0.25) is 0 Å². The van der Waals surface area contributed by atoms with Crippen molar-refractivity contribution in [1.82, 2.24) is 0 Å². The zero-order chi connectivity index (χ0) is 17.3. The molecule has 0 unspecified atom stereocenters. The third-order valence-corrected chi connectivity index (χ3v) is 5.34. The quantitative estimate of drug-likeness (QED) is 0.780. The van der Waals surface area contributed by atoms with E-state index in [1.807, 2.05) is 68.4 Å². The van der Waals surface area contributed by atoms with Gasteiger partial charge in [0.1, 0.15) is 0 Å². The minimum Gasteiger partial charge on any atom is -0.377 e. The number of sulfonamides is 1. The largest absolute Gasteiger partial charge is 0.377 e. The molecule has 3 aromatic rings. The molecule has 24 heavy (non-hydrogen) atoms. The molecule has 0 atom stereocenters. The van der Waals surface area contributed by atoms with Crippen molar-refractivity contribution in [2.24, 2.45) is 0 Å². The summed E-state index contributed by atoms with van der Waals surface area (Å²) in [6, 6.07) is 18.4. The van der Waals surface area contributed by atoms with E-state index in [1.165, 1.54) is 0 Å². The Hall–Kier alpha value is -2.53. The molecule has 5 heteroatoms. The van der Waals surface area contributed by atoms with E-state index in [9.17, 15) is 8.42 Å². The van der Waals surface area contributed by atoms with Crippen molar-refractivity contribution in [3.63, 3.8) is 0 Å². The predicted octanol–water partition coefficient (Wildman–Crippen LogP) is 4.02. The predicted molar refractivity (Wildman–Crippen MR) is 100 cm³/mol. The third-order valence-electron chi connectivity index (χ3n) is 3.90. The maximum atomic E-state index is 12.9. The Morgan fingerprint density at radius 3 is 2.25 bits per heavy atom. The lowest BCUT2D eigenvalue weighted by Gasteiger charge is -2.17.